The summed E-state index contributed by atoms with van der Waals surface area (Å²) < 4.78 is 10.3. The summed E-state index contributed by atoms with van der Waals surface area (Å²) in [5, 5.41) is 5.99. The summed E-state index contributed by atoms with van der Waals surface area (Å²) >= 11 is 0. The summed E-state index contributed by atoms with van der Waals surface area (Å²) in [7, 11) is 5.00. The van der Waals surface area contributed by atoms with E-state index in [1.165, 1.54) is 0 Å². The Labute approximate surface area is 120 Å². The number of likely N-dealkylation sites (N-methyl/N-ethyl adjacent to an activating group) is 1. The van der Waals surface area contributed by atoms with E-state index in [-0.39, 0.29) is 11.9 Å². The molecular weight excluding hydrogens is 256 g/mol. The van der Waals surface area contributed by atoms with Crippen molar-refractivity contribution in [2.24, 2.45) is 0 Å². The van der Waals surface area contributed by atoms with Gasteiger partial charge < -0.3 is 20.1 Å². The lowest BCUT2D eigenvalue weighted by Crippen LogP contribution is -2.43. The van der Waals surface area contributed by atoms with E-state index in [9.17, 15) is 4.79 Å². The van der Waals surface area contributed by atoms with Gasteiger partial charge in [0, 0.05) is 19.8 Å². The molecule has 0 radical (unpaired) electrons. The van der Waals surface area contributed by atoms with E-state index in [0.717, 1.165) is 18.5 Å². The third-order valence-corrected chi connectivity index (χ3v) is 3.14. The minimum atomic E-state index is -0.455. The average Bonchev–Trinajstić information content (AvgIpc) is 2.46. The Kier molecular flexibility index (Phi) is 7.22. The zero-order valence-electron chi connectivity index (χ0n) is 12.6. The fourth-order valence-electron chi connectivity index (χ4n) is 2.08. The van der Waals surface area contributed by atoms with Gasteiger partial charge in [0.25, 0.3) is 5.91 Å². The molecular formula is C15H24N2O3. The minimum Gasteiger partial charge on any atom is -0.354 e. The molecule has 112 valence electrons. The summed E-state index contributed by atoms with van der Waals surface area (Å²) in [6, 6.07) is 7.39. The maximum Gasteiger partial charge on any atom is 0.251 e. The van der Waals surface area contributed by atoms with Crippen LogP contribution in [0.25, 0.3) is 0 Å². The molecule has 1 unspecified atom stereocenters. The van der Waals surface area contributed by atoms with Gasteiger partial charge in [0.15, 0.2) is 6.29 Å². The summed E-state index contributed by atoms with van der Waals surface area (Å²) in [6.45, 7) is 2.68. The number of nitrogens with one attached hydrogen (secondary N) is 2. The van der Waals surface area contributed by atoms with Crippen LogP contribution in [0, 0.1) is 0 Å². The van der Waals surface area contributed by atoms with Crippen LogP contribution in [-0.4, -0.2) is 46.1 Å². The number of carbonyl (C=O) groups is 1. The topological polar surface area (TPSA) is 59.6 Å². The molecule has 0 aromatic heterocycles. The number of carbonyl (C=O) groups excluding carboxylic acids is 1. The second-order valence-electron chi connectivity index (χ2n) is 4.61. The summed E-state index contributed by atoms with van der Waals surface area (Å²) in [5.41, 5.74) is 1.72. The van der Waals surface area contributed by atoms with Crippen LogP contribution >= 0.6 is 0 Å². The van der Waals surface area contributed by atoms with E-state index in [1.54, 1.807) is 14.2 Å². The van der Waals surface area contributed by atoms with Crippen LogP contribution < -0.4 is 10.6 Å². The van der Waals surface area contributed by atoms with Gasteiger partial charge in [0.05, 0.1) is 6.04 Å². The van der Waals surface area contributed by atoms with Crippen molar-refractivity contribution in [1.29, 1.82) is 0 Å². The zero-order chi connectivity index (χ0) is 15.0. The van der Waals surface area contributed by atoms with Crippen LogP contribution in [0.4, 0.5) is 0 Å². The van der Waals surface area contributed by atoms with Crippen LogP contribution in [0.3, 0.4) is 0 Å². The second-order valence-corrected chi connectivity index (χ2v) is 4.61. The van der Waals surface area contributed by atoms with Crippen molar-refractivity contribution in [3.63, 3.8) is 0 Å². The molecule has 1 aromatic rings. The molecule has 1 rings (SSSR count). The number of hydrogen-bond donors (Lipinski definition) is 2. The molecule has 0 aliphatic rings. The lowest BCUT2D eigenvalue weighted by atomic mass is 10.0. The highest BCUT2D eigenvalue weighted by molar-refractivity contribution is 5.95. The Morgan fingerprint density at radius 1 is 1.25 bits per heavy atom. The third kappa shape index (κ3) is 4.59. The highest BCUT2D eigenvalue weighted by Gasteiger charge is 2.19. The quantitative estimate of drug-likeness (QED) is 0.702. The van der Waals surface area contributed by atoms with Crippen molar-refractivity contribution in [3.8, 4) is 0 Å². The molecule has 5 heteroatoms. The number of rotatable bonds is 8. The number of hydrogen-bond acceptors (Lipinski definition) is 4. The van der Waals surface area contributed by atoms with E-state index in [2.05, 4.69) is 10.6 Å². The van der Waals surface area contributed by atoms with E-state index >= 15 is 0 Å². The SMILES string of the molecule is CNCCc1ccccc1C(=O)NC(C)C(OC)OC. The molecule has 0 fully saturated rings. The number of benzene rings is 1. The molecule has 2 N–H and O–H groups in total. The Morgan fingerprint density at radius 2 is 1.90 bits per heavy atom. The van der Waals surface area contributed by atoms with E-state index in [4.69, 9.17) is 9.47 Å². The lowest BCUT2D eigenvalue weighted by Gasteiger charge is -2.22. The van der Waals surface area contributed by atoms with Gasteiger partial charge in [0.2, 0.25) is 0 Å². The summed E-state index contributed by atoms with van der Waals surface area (Å²) in [6.07, 6.45) is 0.357. The minimum absolute atomic E-state index is 0.108. The van der Waals surface area contributed by atoms with Gasteiger partial charge in [-0.3, -0.25) is 4.79 Å². The number of methoxy groups -OCH3 is 2. The van der Waals surface area contributed by atoms with Crippen LogP contribution in [-0.2, 0) is 15.9 Å². The molecule has 0 bridgehead atoms. The Hall–Kier alpha value is -1.43. The molecule has 0 aliphatic heterocycles. The fourth-order valence-corrected chi connectivity index (χ4v) is 2.08. The van der Waals surface area contributed by atoms with E-state index in [1.807, 2.05) is 38.2 Å². The number of amides is 1. The molecule has 20 heavy (non-hydrogen) atoms. The van der Waals surface area contributed by atoms with Gasteiger partial charge in [-0.25, -0.2) is 0 Å². The smallest absolute Gasteiger partial charge is 0.251 e. The fraction of sp³-hybridized carbons (Fsp3) is 0.533. The van der Waals surface area contributed by atoms with E-state index < -0.39 is 6.29 Å². The van der Waals surface area contributed by atoms with Crippen LogP contribution in [0.15, 0.2) is 24.3 Å². The third-order valence-electron chi connectivity index (χ3n) is 3.14. The highest BCUT2D eigenvalue weighted by Crippen LogP contribution is 2.10. The van der Waals surface area contributed by atoms with Gasteiger partial charge in [0.1, 0.15) is 0 Å². The van der Waals surface area contributed by atoms with Gasteiger partial charge in [-0.1, -0.05) is 18.2 Å². The predicted octanol–water partition coefficient (Wildman–Crippen LogP) is 1.19. The van der Waals surface area contributed by atoms with Gasteiger partial charge >= 0.3 is 0 Å². The van der Waals surface area contributed by atoms with Crippen molar-refractivity contribution in [2.45, 2.75) is 25.7 Å². The largest absolute Gasteiger partial charge is 0.354 e. The number of ether oxygens (including phenoxy) is 2. The molecule has 1 aromatic carbocycles. The maximum absolute atomic E-state index is 12.3. The predicted molar refractivity (Wildman–Crippen MR) is 78.8 cm³/mol. The standard InChI is InChI=1S/C15H24N2O3/c1-11(15(19-3)20-4)17-14(18)13-8-6-5-7-12(13)9-10-16-2/h5-8,11,15-16H,9-10H2,1-4H3,(H,17,18). The lowest BCUT2D eigenvalue weighted by molar-refractivity contribution is -0.117. The molecule has 0 saturated carbocycles. The average molecular weight is 280 g/mol. The Balaban J connectivity index is 2.76. The maximum atomic E-state index is 12.3. The van der Waals surface area contributed by atoms with Crippen molar-refractivity contribution in [2.75, 3.05) is 27.8 Å². The van der Waals surface area contributed by atoms with E-state index in [0.29, 0.717) is 5.56 Å². The van der Waals surface area contributed by atoms with Gasteiger partial charge in [-0.2, -0.15) is 0 Å². The van der Waals surface area contributed by atoms with Crippen LogP contribution in [0.1, 0.15) is 22.8 Å². The molecule has 1 atom stereocenters. The first-order valence-electron chi connectivity index (χ1n) is 6.73. The summed E-state index contributed by atoms with van der Waals surface area (Å²) in [4.78, 5) is 12.3. The van der Waals surface area contributed by atoms with Crippen LogP contribution in [0.2, 0.25) is 0 Å². The van der Waals surface area contributed by atoms with Crippen molar-refractivity contribution in [3.05, 3.63) is 35.4 Å². The molecule has 0 spiro atoms. The monoisotopic (exact) mass is 280 g/mol. The van der Waals surface area contributed by atoms with Crippen molar-refractivity contribution < 1.29 is 14.3 Å². The van der Waals surface area contributed by atoms with Crippen LogP contribution in [0.5, 0.6) is 0 Å². The highest BCUT2D eigenvalue weighted by atomic mass is 16.7. The second kappa shape index (κ2) is 8.68. The first-order chi connectivity index (χ1) is 9.63. The first kappa shape index (κ1) is 16.6. The molecule has 5 nitrogen and oxygen atoms in total. The molecule has 0 aliphatic carbocycles. The molecule has 0 heterocycles. The first-order valence-corrected chi connectivity index (χ1v) is 6.73. The van der Waals surface area contributed by atoms with Gasteiger partial charge in [-0.15, -0.1) is 0 Å². The summed E-state index contributed by atoms with van der Waals surface area (Å²) in [5.74, 6) is -0.108. The van der Waals surface area contributed by atoms with Gasteiger partial charge in [-0.05, 0) is 38.6 Å². The normalized spacial score (nSPS) is 12.4. The Bertz CT molecular complexity index is 419. The van der Waals surface area contributed by atoms with Crippen molar-refractivity contribution >= 4 is 5.91 Å². The van der Waals surface area contributed by atoms with Crippen molar-refractivity contribution in [1.82, 2.24) is 10.6 Å². The molecule has 0 saturated heterocycles. The Morgan fingerprint density at radius 3 is 2.50 bits per heavy atom. The zero-order valence-corrected chi connectivity index (χ0v) is 12.6. The molecule has 1 amide bonds.